The smallest absolute Gasteiger partial charge is 0.256 e. The number of benzene rings is 3. The fraction of sp³-hybridized carbons (Fsp3) is 0.0952. The van der Waals surface area contributed by atoms with Crippen molar-refractivity contribution >= 4 is 33.4 Å². The highest BCUT2D eigenvalue weighted by molar-refractivity contribution is 6.09. The summed E-state index contributed by atoms with van der Waals surface area (Å²) in [5.41, 5.74) is 9.40. The molecule has 0 aliphatic rings. The van der Waals surface area contributed by atoms with Crippen LogP contribution in [-0.2, 0) is 6.54 Å². The van der Waals surface area contributed by atoms with Gasteiger partial charge >= 0.3 is 0 Å². The van der Waals surface area contributed by atoms with Crippen LogP contribution in [0.3, 0.4) is 0 Å². The summed E-state index contributed by atoms with van der Waals surface area (Å²) < 4.78 is 0. The molecule has 4 rings (SSSR count). The van der Waals surface area contributed by atoms with E-state index in [1.54, 1.807) is 12.1 Å². The Morgan fingerprint density at radius 2 is 1.96 bits per heavy atom. The van der Waals surface area contributed by atoms with E-state index in [0.717, 1.165) is 27.3 Å². The number of nitrogens with zero attached hydrogens (tertiary/aromatic N) is 2. The van der Waals surface area contributed by atoms with Crippen LogP contribution < -0.4 is 11.1 Å². The topological polar surface area (TPSA) is 108 Å². The third-order valence-corrected chi connectivity index (χ3v) is 4.66. The number of anilines is 1. The van der Waals surface area contributed by atoms with Crippen LogP contribution in [-0.4, -0.2) is 16.1 Å². The highest BCUT2D eigenvalue weighted by Gasteiger charge is 2.13. The Morgan fingerprint density at radius 3 is 2.74 bits per heavy atom. The maximum atomic E-state index is 12.7. The lowest BCUT2D eigenvalue weighted by atomic mass is 10.0. The van der Waals surface area contributed by atoms with Crippen LogP contribution in [0.1, 0.15) is 27.0 Å². The Bertz CT molecular complexity index is 1230. The lowest BCUT2D eigenvalue weighted by Gasteiger charge is -2.06. The molecule has 0 aliphatic heterocycles. The van der Waals surface area contributed by atoms with Crippen LogP contribution in [0.15, 0.2) is 48.5 Å². The van der Waals surface area contributed by atoms with Crippen molar-refractivity contribution in [3.8, 4) is 6.07 Å². The molecule has 0 saturated heterocycles. The largest absolute Gasteiger partial charge is 0.326 e. The van der Waals surface area contributed by atoms with E-state index in [2.05, 4.69) is 21.6 Å². The van der Waals surface area contributed by atoms with Crippen molar-refractivity contribution in [3.05, 3.63) is 70.8 Å². The number of hydrogen-bond acceptors (Lipinski definition) is 4. The molecular weight excluding hydrogens is 338 g/mol. The van der Waals surface area contributed by atoms with E-state index < -0.39 is 0 Å². The minimum absolute atomic E-state index is 0.241. The van der Waals surface area contributed by atoms with Crippen molar-refractivity contribution in [1.82, 2.24) is 10.2 Å². The number of amides is 1. The van der Waals surface area contributed by atoms with Crippen LogP contribution >= 0.6 is 0 Å². The third-order valence-electron chi connectivity index (χ3n) is 4.66. The van der Waals surface area contributed by atoms with Gasteiger partial charge in [-0.25, -0.2) is 0 Å². The molecule has 1 aromatic heterocycles. The molecule has 0 radical (unpaired) electrons. The van der Waals surface area contributed by atoms with Crippen LogP contribution in [0.4, 0.5) is 5.82 Å². The highest BCUT2D eigenvalue weighted by atomic mass is 16.1. The number of carbonyl (C=O) groups excluding carboxylic acids is 1. The lowest BCUT2D eigenvalue weighted by molar-refractivity contribution is 0.102. The van der Waals surface area contributed by atoms with Crippen molar-refractivity contribution < 1.29 is 4.79 Å². The van der Waals surface area contributed by atoms with Gasteiger partial charge in [0.15, 0.2) is 5.82 Å². The highest BCUT2D eigenvalue weighted by Crippen LogP contribution is 2.25. The number of aryl methyl sites for hydroxylation is 1. The van der Waals surface area contributed by atoms with Gasteiger partial charge in [0.2, 0.25) is 0 Å². The number of fused-ring (bicyclic) bond motifs is 2. The SMILES string of the molecule is Cc1cc2c(NC(=O)c3ccc4cc(CN)ccc4c3)n[nH]c2cc1C#N. The van der Waals surface area contributed by atoms with E-state index >= 15 is 0 Å². The first-order valence-corrected chi connectivity index (χ1v) is 8.52. The first kappa shape index (κ1) is 16.8. The van der Waals surface area contributed by atoms with Crippen LogP contribution in [0.25, 0.3) is 21.7 Å². The van der Waals surface area contributed by atoms with Gasteiger partial charge in [-0.2, -0.15) is 10.4 Å². The van der Waals surface area contributed by atoms with Crippen LogP contribution in [0.5, 0.6) is 0 Å². The average Bonchev–Trinajstić information content (AvgIpc) is 3.07. The molecule has 0 spiro atoms. The summed E-state index contributed by atoms with van der Waals surface area (Å²) >= 11 is 0. The van der Waals surface area contributed by atoms with Crippen molar-refractivity contribution in [3.63, 3.8) is 0 Å². The van der Waals surface area contributed by atoms with Crippen molar-refractivity contribution in [1.29, 1.82) is 5.26 Å². The zero-order chi connectivity index (χ0) is 19.0. The van der Waals surface area contributed by atoms with E-state index in [0.29, 0.717) is 29.0 Å². The summed E-state index contributed by atoms with van der Waals surface area (Å²) in [5.74, 6) is 0.205. The molecule has 4 aromatic rings. The number of nitrogens with one attached hydrogen (secondary N) is 2. The molecule has 3 aromatic carbocycles. The molecule has 132 valence electrons. The van der Waals surface area contributed by atoms with Crippen molar-refractivity contribution in [2.24, 2.45) is 5.73 Å². The van der Waals surface area contributed by atoms with E-state index in [1.165, 1.54) is 0 Å². The summed E-state index contributed by atoms with van der Waals surface area (Å²) in [6.45, 7) is 2.34. The first-order chi connectivity index (χ1) is 13.1. The van der Waals surface area contributed by atoms with E-state index in [-0.39, 0.29) is 5.91 Å². The summed E-state index contributed by atoms with van der Waals surface area (Å²) in [7, 11) is 0. The number of aromatic nitrogens is 2. The number of H-pyrrole nitrogens is 1. The van der Waals surface area contributed by atoms with Gasteiger partial charge in [0, 0.05) is 17.5 Å². The molecule has 0 aliphatic carbocycles. The maximum absolute atomic E-state index is 12.7. The second kappa shape index (κ2) is 6.56. The molecule has 0 unspecified atom stereocenters. The lowest BCUT2D eigenvalue weighted by Crippen LogP contribution is -2.12. The van der Waals surface area contributed by atoms with Gasteiger partial charge in [0.1, 0.15) is 0 Å². The number of aromatic amines is 1. The Labute approximate surface area is 155 Å². The van der Waals surface area contributed by atoms with Gasteiger partial charge in [-0.3, -0.25) is 9.89 Å². The summed E-state index contributed by atoms with van der Waals surface area (Å²) in [6, 6.07) is 17.2. The molecule has 4 N–H and O–H groups in total. The molecule has 6 nitrogen and oxygen atoms in total. The molecule has 1 amide bonds. The summed E-state index contributed by atoms with van der Waals surface area (Å²) in [5, 5.41) is 21.8. The number of nitrogens with two attached hydrogens (primary N) is 1. The van der Waals surface area contributed by atoms with Crippen molar-refractivity contribution in [2.45, 2.75) is 13.5 Å². The predicted octanol–water partition coefficient (Wildman–Crippen LogP) is 3.61. The van der Waals surface area contributed by atoms with Crippen LogP contribution in [0.2, 0.25) is 0 Å². The second-order valence-electron chi connectivity index (χ2n) is 6.45. The standard InChI is InChI=1S/C21H17N5O/c1-12-6-18-19(9-17(12)11-23)25-26-20(18)24-21(27)16-5-4-14-7-13(10-22)2-3-15(14)8-16/h2-9H,10,22H2,1H3,(H2,24,25,26,27). The maximum Gasteiger partial charge on any atom is 0.256 e. The third kappa shape index (κ3) is 3.01. The molecule has 0 fully saturated rings. The number of rotatable bonds is 3. The summed E-state index contributed by atoms with van der Waals surface area (Å²) in [6.07, 6.45) is 0. The second-order valence-corrected chi connectivity index (χ2v) is 6.45. The molecule has 1 heterocycles. The number of carbonyl (C=O) groups is 1. The van der Waals surface area contributed by atoms with E-state index in [4.69, 9.17) is 11.0 Å². The molecule has 0 saturated carbocycles. The Hall–Kier alpha value is -3.69. The zero-order valence-corrected chi connectivity index (χ0v) is 14.7. The van der Waals surface area contributed by atoms with Gasteiger partial charge in [-0.15, -0.1) is 0 Å². The molecule has 6 heteroatoms. The molecule has 27 heavy (non-hydrogen) atoms. The normalized spacial score (nSPS) is 10.9. The summed E-state index contributed by atoms with van der Waals surface area (Å²) in [4.78, 5) is 12.7. The first-order valence-electron chi connectivity index (χ1n) is 8.52. The van der Waals surface area contributed by atoms with Gasteiger partial charge in [0.05, 0.1) is 17.1 Å². The molecular formula is C21H17N5O. The molecule has 0 bridgehead atoms. The van der Waals surface area contributed by atoms with Gasteiger partial charge in [-0.05, 0) is 59.2 Å². The minimum Gasteiger partial charge on any atom is -0.326 e. The number of hydrogen-bond donors (Lipinski definition) is 3. The fourth-order valence-corrected chi connectivity index (χ4v) is 3.13. The average molecular weight is 355 g/mol. The quantitative estimate of drug-likeness (QED) is 0.522. The zero-order valence-electron chi connectivity index (χ0n) is 14.7. The van der Waals surface area contributed by atoms with Crippen molar-refractivity contribution in [2.75, 3.05) is 5.32 Å². The number of nitriles is 1. The Balaban J connectivity index is 1.66. The van der Waals surface area contributed by atoms with Crippen LogP contribution in [0, 0.1) is 18.3 Å². The predicted molar refractivity (Wildman–Crippen MR) is 105 cm³/mol. The monoisotopic (exact) mass is 355 g/mol. The fourth-order valence-electron chi connectivity index (χ4n) is 3.13. The minimum atomic E-state index is -0.241. The van der Waals surface area contributed by atoms with Gasteiger partial charge in [0.25, 0.3) is 5.91 Å². The molecule has 0 atom stereocenters. The van der Waals surface area contributed by atoms with Gasteiger partial charge < -0.3 is 11.1 Å². The van der Waals surface area contributed by atoms with E-state index in [1.807, 2.05) is 43.3 Å². The van der Waals surface area contributed by atoms with Gasteiger partial charge in [-0.1, -0.05) is 18.2 Å². The Morgan fingerprint density at radius 1 is 1.19 bits per heavy atom. The Kier molecular flexibility index (Phi) is 4.07. The van der Waals surface area contributed by atoms with E-state index in [9.17, 15) is 4.79 Å².